The molecule has 0 fully saturated rings. The summed E-state index contributed by atoms with van der Waals surface area (Å²) in [6, 6.07) is 5.87. The predicted molar refractivity (Wildman–Crippen MR) is 76.7 cm³/mol. The van der Waals surface area contributed by atoms with E-state index in [0.29, 0.717) is 5.76 Å². The number of benzene rings is 1. The van der Waals surface area contributed by atoms with E-state index in [9.17, 15) is 17.2 Å². The average Bonchev–Trinajstić information content (AvgIpc) is 2.91. The van der Waals surface area contributed by atoms with Crippen molar-refractivity contribution in [3.05, 3.63) is 54.0 Å². The van der Waals surface area contributed by atoms with Crippen molar-refractivity contribution in [1.29, 1.82) is 0 Å². The molecule has 0 aliphatic heterocycles. The molecule has 1 aromatic heterocycles. The first kappa shape index (κ1) is 16.6. The molecule has 0 saturated carbocycles. The third-order valence-electron chi connectivity index (χ3n) is 3.15. The Morgan fingerprint density at radius 1 is 1.18 bits per heavy atom. The molecule has 2 aromatic rings. The normalized spacial score (nSPS) is 13.5. The Morgan fingerprint density at radius 2 is 1.82 bits per heavy atom. The molecule has 0 aliphatic carbocycles. The minimum atomic E-state index is -4.31. The van der Waals surface area contributed by atoms with E-state index < -0.39 is 32.6 Å². The highest BCUT2D eigenvalue weighted by molar-refractivity contribution is 7.89. The van der Waals surface area contributed by atoms with Gasteiger partial charge < -0.3 is 4.42 Å². The van der Waals surface area contributed by atoms with Gasteiger partial charge in [0, 0.05) is 6.54 Å². The molecule has 0 saturated heterocycles. The molecule has 120 valence electrons. The molecular weight excluding hydrogens is 314 g/mol. The molecule has 1 unspecified atom stereocenters. The second kappa shape index (κ2) is 6.55. The van der Waals surface area contributed by atoms with Gasteiger partial charge in [-0.15, -0.1) is 0 Å². The summed E-state index contributed by atoms with van der Waals surface area (Å²) in [4.78, 5) is 0.756. The van der Waals surface area contributed by atoms with E-state index in [4.69, 9.17) is 4.42 Å². The summed E-state index contributed by atoms with van der Waals surface area (Å²) in [5.41, 5.74) is 0. The fourth-order valence-corrected chi connectivity index (χ4v) is 3.19. The molecule has 1 aromatic carbocycles. The van der Waals surface area contributed by atoms with Crippen molar-refractivity contribution in [1.82, 2.24) is 9.62 Å². The summed E-state index contributed by atoms with van der Waals surface area (Å²) < 4.78 is 59.0. The molecule has 0 aliphatic rings. The summed E-state index contributed by atoms with van der Waals surface area (Å²) in [7, 11) is -0.827. The van der Waals surface area contributed by atoms with E-state index in [0.717, 1.165) is 18.2 Å². The minimum absolute atomic E-state index is 0.0867. The molecule has 5 nitrogen and oxygen atoms in total. The fourth-order valence-electron chi connectivity index (χ4n) is 2.02. The number of nitrogens with one attached hydrogen (secondary N) is 1. The Labute approximate surface area is 127 Å². The van der Waals surface area contributed by atoms with Crippen LogP contribution in [0.2, 0.25) is 0 Å². The lowest BCUT2D eigenvalue weighted by atomic mass is 10.2. The van der Waals surface area contributed by atoms with Crippen LogP contribution in [0.4, 0.5) is 8.78 Å². The van der Waals surface area contributed by atoms with Gasteiger partial charge in [0.25, 0.3) is 0 Å². The molecule has 1 atom stereocenters. The highest BCUT2D eigenvalue weighted by Crippen LogP contribution is 2.21. The summed E-state index contributed by atoms with van der Waals surface area (Å²) in [5.74, 6) is -1.72. The Bertz CT molecular complexity index is 710. The average molecular weight is 330 g/mol. The maximum atomic E-state index is 13.6. The Kier molecular flexibility index (Phi) is 4.94. The second-order valence-electron chi connectivity index (χ2n) is 4.90. The molecule has 8 heteroatoms. The van der Waals surface area contributed by atoms with Crippen LogP contribution in [0.3, 0.4) is 0 Å². The van der Waals surface area contributed by atoms with E-state index >= 15 is 0 Å². The van der Waals surface area contributed by atoms with E-state index in [1.54, 1.807) is 31.1 Å². The fraction of sp³-hybridized carbons (Fsp3) is 0.286. The number of sulfonamides is 1. The zero-order valence-electron chi connectivity index (χ0n) is 12.1. The minimum Gasteiger partial charge on any atom is -0.468 e. The maximum Gasteiger partial charge on any atom is 0.246 e. The van der Waals surface area contributed by atoms with Crippen LogP contribution in [0.25, 0.3) is 0 Å². The third kappa shape index (κ3) is 3.52. The lowest BCUT2D eigenvalue weighted by Crippen LogP contribution is -2.35. The Balaban J connectivity index is 2.22. The van der Waals surface area contributed by atoms with Crippen molar-refractivity contribution in [3.8, 4) is 0 Å². The summed E-state index contributed by atoms with van der Waals surface area (Å²) >= 11 is 0. The molecule has 0 amide bonds. The van der Waals surface area contributed by atoms with Gasteiger partial charge in [-0.1, -0.05) is 6.07 Å². The summed E-state index contributed by atoms with van der Waals surface area (Å²) in [6.07, 6.45) is 1.47. The zero-order valence-corrected chi connectivity index (χ0v) is 12.9. The lowest BCUT2D eigenvalue weighted by Gasteiger charge is -2.22. The number of hydrogen-bond donors (Lipinski definition) is 1. The van der Waals surface area contributed by atoms with Crippen LogP contribution in [-0.2, 0) is 10.0 Å². The largest absolute Gasteiger partial charge is 0.468 e. The standard InChI is InChI=1S/C14H16F2N2O3S/c1-18(2)12(13-7-4-8-21-13)9-17-22(19,20)14-10(15)5-3-6-11(14)16/h3-8,12,17H,9H2,1-2H3. The van der Waals surface area contributed by atoms with E-state index in [2.05, 4.69) is 4.72 Å². The van der Waals surface area contributed by atoms with Gasteiger partial charge in [0.2, 0.25) is 10.0 Å². The van der Waals surface area contributed by atoms with Gasteiger partial charge in [-0.25, -0.2) is 21.9 Å². The highest BCUT2D eigenvalue weighted by atomic mass is 32.2. The molecule has 2 rings (SSSR count). The van der Waals surface area contributed by atoms with Crippen LogP contribution < -0.4 is 4.72 Å². The van der Waals surface area contributed by atoms with Crippen molar-refractivity contribution in [3.63, 3.8) is 0 Å². The van der Waals surface area contributed by atoms with Crippen molar-refractivity contribution in [2.24, 2.45) is 0 Å². The SMILES string of the molecule is CN(C)C(CNS(=O)(=O)c1c(F)cccc1F)c1ccco1. The van der Waals surface area contributed by atoms with E-state index in [1.165, 1.54) is 6.26 Å². The molecule has 22 heavy (non-hydrogen) atoms. The van der Waals surface area contributed by atoms with Crippen LogP contribution in [-0.4, -0.2) is 34.0 Å². The smallest absolute Gasteiger partial charge is 0.246 e. The Hall–Kier alpha value is -1.77. The van der Waals surface area contributed by atoms with Crippen LogP contribution in [0.15, 0.2) is 45.9 Å². The predicted octanol–water partition coefficient (Wildman–Crippen LogP) is 2.14. The van der Waals surface area contributed by atoms with Crippen LogP contribution in [0.5, 0.6) is 0 Å². The van der Waals surface area contributed by atoms with Crippen molar-refractivity contribution in [2.75, 3.05) is 20.6 Å². The number of hydrogen-bond acceptors (Lipinski definition) is 4. The topological polar surface area (TPSA) is 62.6 Å². The van der Waals surface area contributed by atoms with E-state index in [-0.39, 0.29) is 6.54 Å². The Morgan fingerprint density at radius 3 is 2.32 bits per heavy atom. The van der Waals surface area contributed by atoms with Gasteiger partial charge in [-0.2, -0.15) is 0 Å². The maximum absolute atomic E-state index is 13.6. The first-order valence-corrected chi connectivity index (χ1v) is 7.94. The third-order valence-corrected chi connectivity index (χ3v) is 4.62. The molecule has 0 bridgehead atoms. The van der Waals surface area contributed by atoms with Gasteiger partial charge in [-0.05, 0) is 38.4 Å². The van der Waals surface area contributed by atoms with Gasteiger partial charge in [0.05, 0.1) is 12.3 Å². The number of nitrogens with zero attached hydrogens (tertiary/aromatic N) is 1. The van der Waals surface area contributed by atoms with E-state index in [1.807, 2.05) is 0 Å². The molecule has 1 heterocycles. The van der Waals surface area contributed by atoms with Crippen LogP contribution in [0.1, 0.15) is 11.8 Å². The van der Waals surface area contributed by atoms with Gasteiger partial charge >= 0.3 is 0 Å². The van der Waals surface area contributed by atoms with Gasteiger partial charge in [-0.3, -0.25) is 4.90 Å². The first-order valence-electron chi connectivity index (χ1n) is 6.46. The van der Waals surface area contributed by atoms with Crippen LogP contribution in [0, 0.1) is 11.6 Å². The monoisotopic (exact) mass is 330 g/mol. The van der Waals surface area contributed by atoms with Crippen molar-refractivity contribution < 1.29 is 21.6 Å². The number of halogens is 2. The molecule has 1 N–H and O–H groups in total. The van der Waals surface area contributed by atoms with Crippen LogP contribution >= 0.6 is 0 Å². The zero-order chi connectivity index (χ0) is 16.3. The molecule has 0 spiro atoms. The van der Waals surface area contributed by atoms with Crippen molar-refractivity contribution >= 4 is 10.0 Å². The van der Waals surface area contributed by atoms with Crippen molar-refractivity contribution in [2.45, 2.75) is 10.9 Å². The first-order chi connectivity index (χ1) is 10.3. The number of rotatable bonds is 6. The highest BCUT2D eigenvalue weighted by Gasteiger charge is 2.26. The molecule has 0 radical (unpaired) electrons. The quantitative estimate of drug-likeness (QED) is 0.881. The summed E-state index contributed by atoms with van der Waals surface area (Å²) in [6.45, 7) is -0.0867. The lowest BCUT2D eigenvalue weighted by molar-refractivity contribution is 0.259. The van der Waals surface area contributed by atoms with Gasteiger partial charge in [0.15, 0.2) is 4.90 Å². The van der Waals surface area contributed by atoms with Gasteiger partial charge in [0.1, 0.15) is 17.4 Å². The number of likely N-dealkylation sites (N-methyl/N-ethyl adjacent to an activating group) is 1. The molecular formula is C14H16F2N2O3S. The summed E-state index contributed by atoms with van der Waals surface area (Å²) in [5, 5.41) is 0. The number of furan rings is 1. The second-order valence-corrected chi connectivity index (χ2v) is 6.60.